The highest BCUT2D eigenvalue weighted by Crippen LogP contribution is 2.17. The zero-order valence-electron chi connectivity index (χ0n) is 11.8. The topological polar surface area (TPSA) is 47.8 Å². The minimum atomic E-state index is -0.129. The summed E-state index contributed by atoms with van der Waals surface area (Å²) in [7, 11) is 0. The molecule has 2 aromatic heterocycles. The first-order valence-electron chi connectivity index (χ1n) is 6.62. The fourth-order valence-electron chi connectivity index (χ4n) is 2.45. The highest BCUT2D eigenvalue weighted by Gasteiger charge is 2.15. The van der Waals surface area contributed by atoms with Crippen LogP contribution in [0.1, 0.15) is 17.0 Å². The highest BCUT2D eigenvalue weighted by molar-refractivity contribution is 6.16. The van der Waals surface area contributed by atoms with Gasteiger partial charge in [-0.2, -0.15) is 0 Å². The molecule has 0 unspecified atom stereocenters. The lowest BCUT2D eigenvalue weighted by Gasteiger charge is -2.14. The van der Waals surface area contributed by atoms with Crippen LogP contribution in [0.2, 0.25) is 0 Å². The summed E-state index contributed by atoms with van der Waals surface area (Å²) >= 11 is 6.00. The number of hydrogen-bond donors (Lipinski definition) is 0. The second kappa shape index (κ2) is 5.30. The average molecular weight is 300 g/mol. The van der Waals surface area contributed by atoms with Crippen molar-refractivity contribution in [2.75, 3.05) is 0 Å². The van der Waals surface area contributed by atoms with Gasteiger partial charge in [-0.15, -0.1) is 11.6 Å². The van der Waals surface area contributed by atoms with E-state index < -0.39 is 0 Å². The van der Waals surface area contributed by atoms with Crippen molar-refractivity contribution in [3.05, 3.63) is 63.8 Å². The number of hydrogen-bond acceptors (Lipinski definition) is 3. The molecule has 0 aliphatic heterocycles. The summed E-state index contributed by atoms with van der Waals surface area (Å²) in [4.78, 5) is 21.5. The van der Waals surface area contributed by atoms with Crippen LogP contribution in [0.25, 0.3) is 16.7 Å². The fraction of sp³-hybridized carbons (Fsp3) is 0.188. The maximum Gasteiger partial charge on any atom is 0.267 e. The second-order valence-electron chi connectivity index (χ2n) is 4.92. The van der Waals surface area contributed by atoms with Crippen molar-refractivity contribution < 1.29 is 0 Å². The maximum atomic E-state index is 12.9. The first-order valence-corrected chi connectivity index (χ1v) is 7.16. The van der Waals surface area contributed by atoms with Crippen LogP contribution in [0.3, 0.4) is 0 Å². The number of alkyl halides is 1. The number of para-hydroxylation sites is 1. The van der Waals surface area contributed by atoms with Crippen molar-refractivity contribution in [1.29, 1.82) is 0 Å². The minimum absolute atomic E-state index is 0.129. The van der Waals surface area contributed by atoms with Gasteiger partial charge in [-0.1, -0.05) is 18.2 Å². The van der Waals surface area contributed by atoms with Crippen LogP contribution in [0.15, 0.2) is 41.3 Å². The average Bonchev–Trinajstić information content (AvgIpc) is 2.48. The zero-order chi connectivity index (χ0) is 15.0. The Morgan fingerprint density at radius 2 is 1.90 bits per heavy atom. The molecule has 1 aromatic carbocycles. The number of rotatable bonds is 2. The molecule has 0 amide bonds. The molecule has 0 radical (unpaired) electrons. The number of nitrogens with zero attached hydrogens (tertiary/aromatic N) is 3. The van der Waals surface area contributed by atoms with Gasteiger partial charge in [0.05, 0.1) is 17.0 Å². The van der Waals surface area contributed by atoms with Crippen LogP contribution < -0.4 is 5.56 Å². The van der Waals surface area contributed by atoms with E-state index in [1.807, 2.05) is 44.2 Å². The normalized spacial score (nSPS) is 11.0. The Hall–Kier alpha value is -2.20. The first-order chi connectivity index (χ1) is 10.1. The maximum absolute atomic E-state index is 12.9. The van der Waals surface area contributed by atoms with Crippen molar-refractivity contribution in [3.63, 3.8) is 0 Å². The monoisotopic (exact) mass is 299 g/mol. The van der Waals surface area contributed by atoms with Crippen LogP contribution in [0, 0.1) is 13.8 Å². The molecule has 106 valence electrons. The zero-order valence-corrected chi connectivity index (χ0v) is 12.6. The third kappa shape index (κ3) is 2.21. The molecule has 0 bridgehead atoms. The Bertz CT molecular complexity index is 886. The molecule has 2 heterocycles. The lowest BCUT2D eigenvalue weighted by Crippen LogP contribution is -2.25. The molecule has 0 spiro atoms. The van der Waals surface area contributed by atoms with Crippen LogP contribution in [-0.2, 0) is 5.88 Å². The van der Waals surface area contributed by atoms with Crippen LogP contribution in [0.4, 0.5) is 0 Å². The number of aromatic nitrogens is 3. The third-order valence-corrected chi connectivity index (χ3v) is 3.76. The van der Waals surface area contributed by atoms with Gasteiger partial charge in [-0.3, -0.25) is 9.36 Å². The Morgan fingerprint density at radius 1 is 1.14 bits per heavy atom. The predicted octanol–water partition coefficient (Wildman–Crippen LogP) is 3.14. The van der Waals surface area contributed by atoms with Crippen molar-refractivity contribution >= 4 is 22.6 Å². The molecular formula is C16H14ClN3O. The summed E-state index contributed by atoms with van der Waals surface area (Å²) in [6.07, 6.45) is 1.65. The number of halogens is 1. The van der Waals surface area contributed by atoms with E-state index in [9.17, 15) is 4.79 Å². The summed E-state index contributed by atoms with van der Waals surface area (Å²) in [5, 5.41) is 0.537. The molecule has 3 aromatic rings. The highest BCUT2D eigenvalue weighted by atomic mass is 35.5. The van der Waals surface area contributed by atoms with E-state index in [0.29, 0.717) is 16.9 Å². The van der Waals surface area contributed by atoms with E-state index in [0.717, 1.165) is 16.8 Å². The Morgan fingerprint density at radius 3 is 2.62 bits per heavy atom. The molecule has 0 fully saturated rings. The smallest absolute Gasteiger partial charge is 0.267 e. The van der Waals surface area contributed by atoms with Gasteiger partial charge in [0.2, 0.25) is 0 Å². The van der Waals surface area contributed by atoms with Crippen LogP contribution in [0.5, 0.6) is 0 Å². The van der Waals surface area contributed by atoms with Gasteiger partial charge in [0.15, 0.2) is 5.65 Å². The van der Waals surface area contributed by atoms with Gasteiger partial charge in [0.25, 0.3) is 5.56 Å². The lowest BCUT2D eigenvalue weighted by atomic mass is 10.1. The summed E-state index contributed by atoms with van der Waals surface area (Å²) in [5.41, 5.74) is 2.97. The largest absolute Gasteiger partial charge is 0.268 e. The Kier molecular flexibility index (Phi) is 3.47. The summed E-state index contributed by atoms with van der Waals surface area (Å²) in [6, 6.07) is 9.50. The van der Waals surface area contributed by atoms with Gasteiger partial charge >= 0.3 is 0 Å². The van der Waals surface area contributed by atoms with Gasteiger partial charge in [0, 0.05) is 6.20 Å². The second-order valence-corrected chi connectivity index (χ2v) is 5.18. The molecule has 0 aliphatic carbocycles. The fourth-order valence-corrected chi connectivity index (χ4v) is 2.63. The van der Waals surface area contributed by atoms with Gasteiger partial charge < -0.3 is 0 Å². The summed E-state index contributed by atoms with van der Waals surface area (Å²) in [5.74, 6) is 0.649. The standard InChI is InChI=1S/C16H14ClN3O/c1-10-5-3-4-6-12(10)20-13(9-17)19-15-14(16(20)21)11(2)7-8-18-15/h3-8H,9H2,1-2H3. The predicted molar refractivity (Wildman–Crippen MR) is 84.2 cm³/mol. The van der Waals surface area contributed by atoms with Crippen LogP contribution >= 0.6 is 11.6 Å². The van der Waals surface area contributed by atoms with Gasteiger partial charge in [-0.05, 0) is 37.1 Å². The van der Waals surface area contributed by atoms with E-state index in [-0.39, 0.29) is 11.4 Å². The molecule has 0 saturated heterocycles. The third-order valence-electron chi connectivity index (χ3n) is 3.53. The number of pyridine rings is 1. The molecule has 5 heteroatoms. The van der Waals surface area contributed by atoms with Crippen molar-refractivity contribution in [2.45, 2.75) is 19.7 Å². The quantitative estimate of drug-likeness (QED) is 0.683. The van der Waals surface area contributed by atoms with Crippen molar-refractivity contribution in [2.24, 2.45) is 0 Å². The van der Waals surface area contributed by atoms with E-state index in [1.165, 1.54) is 0 Å². The van der Waals surface area contributed by atoms with E-state index in [1.54, 1.807) is 10.8 Å². The molecule has 0 atom stereocenters. The molecular weight excluding hydrogens is 286 g/mol. The Balaban J connectivity index is 2.48. The first kappa shape index (κ1) is 13.8. The SMILES string of the molecule is Cc1ccccc1-n1c(CCl)nc2nccc(C)c2c1=O. The van der Waals surface area contributed by atoms with E-state index in [2.05, 4.69) is 9.97 Å². The van der Waals surface area contributed by atoms with E-state index in [4.69, 9.17) is 11.6 Å². The molecule has 0 aliphatic rings. The molecule has 3 rings (SSSR count). The summed E-state index contributed by atoms with van der Waals surface area (Å²) in [6.45, 7) is 3.84. The molecule has 0 N–H and O–H groups in total. The van der Waals surface area contributed by atoms with Crippen molar-refractivity contribution in [1.82, 2.24) is 14.5 Å². The minimum Gasteiger partial charge on any atom is -0.268 e. The Labute approximate surface area is 127 Å². The van der Waals surface area contributed by atoms with Crippen molar-refractivity contribution in [3.8, 4) is 5.69 Å². The summed E-state index contributed by atoms with van der Waals surface area (Å²) < 4.78 is 1.58. The lowest BCUT2D eigenvalue weighted by molar-refractivity contribution is 0.868. The van der Waals surface area contributed by atoms with Gasteiger partial charge in [0.1, 0.15) is 5.82 Å². The van der Waals surface area contributed by atoms with Gasteiger partial charge in [-0.25, -0.2) is 9.97 Å². The number of fused-ring (bicyclic) bond motifs is 1. The molecule has 21 heavy (non-hydrogen) atoms. The van der Waals surface area contributed by atoms with Crippen LogP contribution in [-0.4, -0.2) is 14.5 Å². The number of benzene rings is 1. The van der Waals surface area contributed by atoms with E-state index >= 15 is 0 Å². The molecule has 0 saturated carbocycles. The molecule has 4 nitrogen and oxygen atoms in total. The number of aryl methyl sites for hydroxylation is 2.